The summed E-state index contributed by atoms with van der Waals surface area (Å²) in [4.78, 5) is 21.1. The van der Waals surface area contributed by atoms with E-state index in [-0.39, 0.29) is 18.1 Å². The van der Waals surface area contributed by atoms with Gasteiger partial charge in [0.15, 0.2) is 0 Å². The minimum absolute atomic E-state index is 0.00926. The number of carboxylic acid groups (broad SMARTS) is 2. The van der Waals surface area contributed by atoms with Gasteiger partial charge in [0.25, 0.3) is 0 Å². The van der Waals surface area contributed by atoms with Crippen LogP contribution in [0.5, 0.6) is 0 Å². The quantitative estimate of drug-likeness (QED) is 0.302. The molecule has 0 aliphatic heterocycles. The number of hydrogen-bond acceptors (Lipinski definition) is 4. The van der Waals surface area contributed by atoms with E-state index in [9.17, 15) is 19.8 Å². The van der Waals surface area contributed by atoms with Crippen LogP contribution in [0, 0.1) is 17.8 Å². The van der Waals surface area contributed by atoms with Crippen molar-refractivity contribution in [1.82, 2.24) is 0 Å². The molecule has 2 unspecified atom stereocenters. The van der Waals surface area contributed by atoms with Crippen molar-refractivity contribution in [2.75, 3.05) is 0 Å². The van der Waals surface area contributed by atoms with Gasteiger partial charge in [-0.3, -0.25) is 0 Å². The van der Waals surface area contributed by atoms with Crippen molar-refractivity contribution in [2.24, 2.45) is 17.8 Å². The van der Waals surface area contributed by atoms with Crippen LogP contribution < -0.4 is 0 Å². The third-order valence-electron chi connectivity index (χ3n) is 5.74. The summed E-state index contributed by atoms with van der Waals surface area (Å²) in [6, 6.07) is 14.1. The first-order valence-electron chi connectivity index (χ1n) is 12.8. The summed E-state index contributed by atoms with van der Waals surface area (Å²) in [6.07, 6.45) is 2.74. The van der Waals surface area contributed by atoms with E-state index < -0.39 is 11.9 Å². The minimum atomic E-state index is -0.865. The molecule has 0 fully saturated rings. The second-order valence-electron chi connectivity index (χ2n) is 10.0. The van der Waals surface area contributed by atoms with E-state index in [0.29, 0.717) is 23.0 Å². The number of rotatable bonds is 10. The highest BCUT2D eigenvalue weighted by molar-refractivity contribution is 5.87. The highest BCUT2D eigenvalue weighted by Gasteiger charge is 2.18. The van der Waals surface area contributed by atoms with E-state index in [2.05, 4.69) is 27.7 Å². The fourth-order valence-corrected chi connectivity index (χ4v) is 3.51. The molecule has 0 spiro atoms. The maximum absolute atomic E-state index is 10.5. The molecule has 0 radical (unpaired) electrons. The maximum Gasteiger partial charge on any atom is 0.335 e. The van der Waals surface area contributed by atoms with Crippen molar-refractivity contribution < 1.29 is 30.0 Å². The van der Waals surface area contributed by atoms with Crippen molar-refractivity contribution in [2.45, 2.75) is 86.4 Å². The van der Waals surface area contributed by atoms with E-state index >= 15 is 0 Å². The molecule has 0 aliphatic rings. The first-order valence-corrected chi connectivity index (χ1v) is 12.8. The number of benzene rings is 2. The van der Waals surface area contributed by atoms with Crippen LogP contribution in [-0.2, 0) is 12.8 Å². The molecular formula is C30H46O6. The number of aliphatic hydroxyl groups excluding tert-OH is 2. The summed E-state index contributed by atoms with van der Waals surface area (Å²) in [6.45, 7) is 14.3. The van der Waals surface area contributed by atoms with Crippen LogP contribution in [0.3, 0.4) is 0 Å². The molecular weight excluding hydrogens is 456 g/mol. The van der Waals surface area contributed by atoms with Gasteiger partial charge in [-0.25, -0.2) is 9.59 Å². The lowest BCUT2D eigenvalue weighted by atomic mass is 9.95. The molecule has 0 heterocycles. The predicted octanol–water partition coefficient (Wildman–Crippen LogP) is 6.33. The Kier molecular flexibility index (Phi) is 16.4. The normalized spacial score (nSPS) is 13.1. The Bertz CT molecular complexity index is 798. The molecule has 6 nitrogen and oxygen atoms in total. The first kappa shape index (κ1) is 33.3. The summed E-state index contributed by atoms with van der Waals surface area (Å²) in [5.41, 5.74) is 3.10. The highest BCUT2D eigenvalue weighted by atomic mass is 16.4. The lowest BCUT2D eigenvalue weighted by Crippen LogP contribution is -2.28. The SMILES string of the molecule is CC(C)Cc1ccc(C(=O)O)cc1.CC(C)Cc1ccc(C(=O)O)cc1.CCC(O)C(C)C(O)CC. The molecule has 0 amide bonds. The molecule has 0 aliphatic carbocycles. The summed E-state index contributed by atoms with van der Waals surface area (Å²) in [7, 11) is 0. The number of carboxylic acids is 2. The Morgan fingerprint density at radius 2 is 0.889 bits per heavy atom. The van der Waals surface area contributed by atoms with Gasteiger partial charge in [-0.1, -0.05) is 72.7 Å². The van der Waals surface area contributed by atoms with E-state index in [1.54, 1.807) is 24.3 Å². The predicted molar refractivity (Wildman–Crippen MR) is 146 cm³/mol. The Labute approximate surface area is 217 Å². The van der Waals surface area contributed by atoms with Crippen LogP contribution in [-0.4, -0.2) is 44.6 Å². The average molecular weight is 503 g/mol. The van der Waals surface area contributed by atoms with Crippen molar-refractivity contribution in [3.63, 3.8) is 0 Å². The lowest BCUT2D eigenvalue weighted by Gasteiger charge is -2.21. The van der Waals surface area contributed by atoms with Gasteiger partial charge in [-0.05, 0) is 72.9 Å². The summed E-state index contributed by atoms with van der Waals surface area (Å²) < 4.78 is 0. The lowest BCUT2D eigenvalue weighted by molar-refractivity contribution is 0.0186. The van der Waals surface area contributed by atoms with Gasteiger partial charge < -0.3 is 20.4 Å². The Balaban J connectivity index is 0.000000517. The largest absolute Gasteiger partial charge is 0.478 e. The van der Waals surface area contributed by atoms with Crippen LogP contribution in [0.25, 0.3) is 0 Å². The van der Waals surface area contributed by atoms with E-state index in [4.69, 9.17) is 10.2 Å². The Hall–Kier alpha value is -2.70. The zero-order valence-corrected chi connectivity index (χ0v) is 22.9. The van der Waals surface area contributed by atoms with E-state index in [1.165, 1.54) is 11.1 Å². The van der Waals surface area contributed by atoms with Crippen LogP contribution >= 0.6 is 0 Å². The molecule has 2 rings (SSSR count). The second kappa shape index (κ2) is 17.7. The van der Waals surface area contributed by atoms with Crippen molar-refractivity contribution in [3.8, 4) is 0 Å². The van der Waals surface area contributed by atoms with E-state index in [0.717, 1.165) is 25.7 Å². The average Bonchev–Trinajstić information content (AvgIpc) is 2.83. The van der Waals surface area contributed by atoms with Gasteiger partial charge in [0.1, 0.15) is 0 Å². The monoisotopic (exact) mass is 502 g/mol. The molecule has 0 saturated heterocycles. The second-order valence-corrected chi connectivity index (χ2v) is 10.0. The van der Waals surface area contributed by atoms with E-state index in [1.807, 2.05) is 45.0 Å². The number of carbonyl (C=O) groups is 2. The first-order chi connectivity index (χ1) is 16.8. The molecule has 0 saturated carbocycles. The molecule has 2 aromatic rings. The number of hydrogen-bond donors (Lipinski definition) is 4. The van der Waals surface area contributed by atoms with Gasteiger partial charge in [-0.2, -0.15) is 0 Å². The maximum atomic E-state index is 10.5. The van der Waals surface area contributed by atoms with Gasteiger partial charge in [0, 0.05) is 5.92 Å². The van der Waals surface area contributed by atoms with Crippen LogP contribution in [0.1, 0.15) is 93.2 Å². The molecule has 36 heavy (non-hydrogen) atoms. The molecule has 2 aromatic carbocycles. The molecule has 2 atom stereocenters. The molecule has 0 bridgehead atoms. The van der Waals surface area contributed by atoms with Gasteiger partial charge in [-0.15, -0.1) is 0 Å². The topological polar surface area (TPSA) is 115 Å². The van der Waals surface area contributed by atoms with Crippen molar-refractivity contribution in [3.05, 3.63) is 70.8 Å². The third kappa shape index (κ3) is 14.0. The molecule has 202 valence electrons. The zero-order chi connectivity index (χ0) is 27.8. The molecule has 0 aromatic heterocycles. The van der Waals surface area contributed by atoms with Crippen LogP contribution in [0.2, 0.25) is 0 Å². The van der Waals surface area contributed by atoms with Crippen LogP contribution in [0.4, 0.5) is 0 Å². The summed E-state index contributed by atoms with van der Waals surface area (Å²) in [5, 5.41) is 35.9. The fraction of sp³-hybridized carbons (Fsp3) is 0.533. The van der Waals surface area contributed by atoms with Gasteiger partial charge in [0.05, 0.1) is 23.3 Å². The fourth-order valence-electron chi connectivity index (χ4n) is 3.51. The zero-order valence-electron chi connectivity index (χ0n) is 22.9. The highest BCUT2D eigenvalue weighted by Crippen LogP contribution is 2.13. The van der Waals surface area contributed by atoms with Gasteiger partial charge in [0.2, 0.25) is 0 Å². The van der Waals surface area contributed by atoms with Crippen molar-refractivity contribution >= 4 is 11.9 Å². The standard InChI is InChI=1S/2C11H14O2.C8H18O2/c2*1-8(2)7-9-3-5-10(6-4-9)11(12)13;1-4-7(9)6(3)8(10)5-2/h2*3-6,8H,7H2,1-2H3,(H,12,13);6-10H,4-5H2,1-3H3. The molecule has 6 heteroatoms. The Morgan fingerprint density at radius 3 is 1.08 bits per heavy atom. The summed E-state index contributed by atoms with van der Waals surface area (Å²) in [5.74, 6) is -0.506. The third-order valence-corrected chi connectivity index (χ3v) is 5.74. The smallest absolute Gasteiger partial charge is 0.335 e. The molecule has 4 N–H and O–H groups in total. The van der Waals surface area contributed by atoms with Crippen molar-refractivity contribution in [1.29, 1.82) is 0 Å². The van der Waals surface area contributed by atoms with Gasteiger partial charge >= 0.3 is 11.9 Å². The Morgan fingerprint density at radius 1 is 0.611 bits per heavy atom. The number of aliphatic hydroxyl groups is 2. The van der Waals surface area contributed by atoms with Crippen LogP contribution in [0.15, 0.2) is 48.5 Å². The summed E-state index contributed by atoms with van der Waals surface area (Å²) >= 11 is 0. The minimum Gasteiger partial charge on any atom is -0.478 e. The number of aromatic carboxylic acids is 2.